The van der Waals surface area contributed by atoms with Crippen molar-refractivity contribution in [2.75, 3.05) is 23.3 Å². The maximum atomic E-state index is 12.9. The van der Waals surface area contributed by atoms with Gasteiger partial charge < -0.3 is 10.2 Å². The molecule has 51 heavy (non-hydrogen) atoms. The molecule has 0 saturated heterocycles. The monoisotopic (exact) mass is 729 g/mol. The molecule has 0 fully saturated rings. The quantitative estimate of drug-likeness (QED) is 0.178. The molecule has 0 aliphatic carbocycles. The number of aromatic nitrogens is 3. The highest BCUT2D eigenvalue weighted by atomic mass is 32.2. The Kier molecular flexibility index (Phi) is 10.2. The van der Waals surface area contributed by atoms with Crippen molar-refractivity contribution in [2.24, 2.45) is 15.5 Å². The number of carbonyl (C=O) groups excluding carboxylic acids is 1. The first-order chi connectivity index (χ1) is 24.0. The van der Waals surface area contributed by atoms with Gasteiger partial charge in [-0.2, -0.15) is 32.5 Å². The maximum Gasteiger partial charge on any atom is 0.294 e. The first-order valence-corrected chi connectivity index (χ1v) is 18.1. The van der Waals surface area contributed by atoms with Crippen molar-refractivity contribution < 1.29 is 30.7 Å². The van der Waals surface area contributed by atoms with Crippen LogP contribution in [-0.4, -0.2) is 71.2 Å². The molecule has 0 atom stereocenters. The van der Waals surface area contributed by atoms with Crippen LogP contribution in [0.1, 0.15) is 49.8 Å². The summed E-state index contributed by atoms with van der Waals surface area (Å²) in [4.78, 5) is 24.1. The number of nitriles is 2. The Bertz CT molecular complexity index is 2300. The lowest BCUT2D eigenvalue weighted by Crippen LogP contribution is -2.27. The van der Waals surface area contributed by atoms with Crippen LogP contribution < -0.4 is 10.2 Å². The number of benzene rings is 3. The lowest BCUT2D eigenvalue weighted by Gasteiger charge is -2.22. The standard InChI is InChI=1S/C33H31N9O7S2/c1-33(2,3)29-28(36-23-10-12-25(13-11-23)41(16-4-14-34)17-5-15-35)31-38-30(40-42(31)39-29)21-6-8-24(9-7-21)37-32(43)22-18-26(50(44,45)46)20-27(19-22)51(47,48)49/h6-13,18-20H,4-5,16-17H2,1-3H3,(H,37,43)(H,44,45,46)(H,47,48,49). The number of carbonyl (C=O) groups is 1. The molecule has 4 aromatic rings. The Morgan fingerprint density at radius 3 is 1.98 bits per heavy atom. The van der Waals surface area contributed by atoms with Crippen LogP contribution in [0.15, 0.2) is 86.6 Å². The van der Waals surface area contributed by atoms with Crippen molar-refractivity contribution in [2.45, 2.75) is 43.4 Å². The van der Waals surface area contributed by atoms with E-state index in [-0.39, 0.29) is 5.69 Å². The molecule has 0 radical (unpaired) electrons. The number of fused-ring (bicyclic) bond motifs is 1. The van der Waals surface area contributed by atoms with E-state index in [0.717, 1.165) is 17.8 Å². The second-order valence-electron chi connectivity index (χ2n) is 12.3. The average molecular weight is 730 g/mol. The molecule has 262 valence electrons. The van der Waals surface area contributed by atoms with Crippen LogP contribution in [0.4, 0.5) is 17.1 Å². The Morgan fingerprint density at radius 2 is 1.47 bits per heavy atom. The van der Waals surface area contributed by atoms with E-state index < -0.39 is 46.9 Å². The predicted octanol–water partition coefficient (Wildman–Crippen LogP) is 4.71. The number of nitrogens with one attached hydrogen (secondary N) is 1. The molecule has 0 unspecified atom stereocenters. The highest BCUT2D eigenvalue weighted by molar-refractivity contribution is 7.86. The molecule has 0 bridgehead atoms. The molecule has 3 aromatic carbocycles. The van der Waals surface area contributed by atoms with Gasteiger partial charge in [-0.15, -0.1) is 9.89 Å². The van der Waals surface area contributed by atoms with Gasteiger partial charge in [0, 0.05) is 41.0 Å². The van der Waals surface area contributed by atoms with E-state index in [9.17, 15) is 30.7 Å². The number of aliphatic imine (C=N–C) groups is 1. The third-order valence-corrected chi connectivity index (χ3v) is 9.18. The minimum Gasteiger partial charge on any atom is -0.369 e. The van der Waals surface area contributed by atoms with Gasteiger partial charge in [-0.1, -0.05) is 20.8 Å². The summed E-state index contributed by atoms with van der Waals surface area (Å²) in [5.41, 5.74) is 2.65. The van der Waals surface area contributed by atoms with Gasteiger partial charge in [0.15, 0.2) is 5.82 Å². The summed E-state index contributed by atoms with van der Waals surface area (Å²) in [7, 11) is -9.81. The second kappa shape index (κ2) is 14.2. The van der Waals surface area contributed by atoms with Crippen LogP contribution in [0, 0.1) is 28.1 Å². The summed E-state index contributed by atoms with van der Waals surface area (Å²) < 4.78 is 65.4. The fourth-order valence-corrected chi connectivity index (χ4v) is 6.19. The van der Waals surface area contributed by atoms with Crippen LogP contribution in [0.5, 0.6) is 0 Å². The molecular formula is C33H31N9O7S2. The fourth-order valence-electron chi connectivity index (χ4n) is 5.01. The number of anilines is 2. The summed E-state index contributed by atoms with van der Waals surface area (Å²) in [5, 5.41) is 29.8. The van der Waals surface area contributed by atoms with Gasteiger partial charge in [0.2, 0.25) is 5.82 Å². The van der Waals surface area contributed by atoms with Gasteiger partial charge in [0.1, 0.15) is 5.71 Å². The summed E-state index contributed by atoms with van der Waals surface area (Å²) in [6, 6.07) is 20.1. The van der Waals surface area contributed by atoms with E-state index >= 15 is 0 Å². The van der Waals surface area contributed by atoms with Crippen molar-refractivity contribution in [3.8, 4) is 23.5 Å². The van der Waals surface area contributed by atoms with E-state index in [1.165, 1.54) is 16.9 Å². The number of nitrogens with zero attached hydrogens (tertiary/aromatic N) is 8. The van der Waals surface area contributed by atoms with Crippen molar-refractivity contribution in [3.63, 3.8) is 0 Å². The molecule has 1 aliphatic heterocycles. The zero-order valence-electron chi connectivity index (χ0n) is 27.5. The molecule has 0 spiro atoms. The highest BCUT2D eigenvalue weighted by Gasteiger charge is 2.35. The summed E-state index contributed by atoms with van der Waals surface area (Å²) in [5.74, 6) is -0.187. The lowest BCUT2D eigenvalue weighted by molar-refractivity contribution is 0.102. The number of amides is 1. The zero-order valence-corrected chi connectivity index (χ0v) is 29.1. The van der Waals surface area contributed by atoms with Crippen LogP contribution in [-0.2, 0) is 20.2 Å². The average Bonchev–Trinajstić information content (AvgIpc) is 3.64. The van der Waals surface area contributed by atoms with E-state index in [0.29, 0.717) is 66.3 Å². The molecule has 1 aromatic heterocycles. The first kappa shape index (κ1) is 36.5. The largest absolute Gasteiger partial charge is 0.369 e. The molecule has 16 nitrogen and oxygen atoms in total. The Balaban J connectivity index is 1.40. The lowest BCUT2D eigenvalue weighted by atomic mass is 9.87. The topological polar surface area (TPSA) is 244 Å². The third-order valence-electron chi connectivity index (χ3n) is 7.51. The van der Waals surface area contributed by atoms with E-state index in [4.69, 9.17) is 20.5 Å². The fraction of sp³-hybridized carbons (Fsp3) is 0.242. The molecule has 1 aliphatic rings. The third kappa shape index (κ3) is 8.51. The van der Waals surface area contributed by atoms with Gasteiger partial charge in [-0.25, -0.2) is 9.98 Å². The Hall–Kier alpha value is -5.79. The maximum absolute atomic E-state index is 12.9. The number of rotatable bonds is 11. The highest BCUT2D eigenvalue weighted by Crippen LogP contribution is 2.30. The normalized spacial score (nSPS) is 13.6. The van der Waals surface area contributed by atoms with Gasteiger partial charge >= 0.3 is 0 Å². The molecular weight excluding hydrogens is 699 g/mol. The van der Waals surface area contributed by atoms with Crippen molar-refractivity contribution in [1.29, 1.82) is 10.5 Å². The minimum atomic E-state index is -4.90. The molecule has 0 saturated carbocycles. The Morgan fingerprint density at radius 1 is 0.902 bits per heavy atom. The van der Waals surface area contributed by atoms with Crippen LogP contribution in [0.3, 0.4) is 0 Å². The molecule has 5 rings (SSSR count). The van der Waals surface area contributed by atoms with Gasteiger partial charge in [0.25, 0.3) is 26.1 Å². The van der Waals surface area contributed by atoms with Crippen LogP contribution in [0.25, 0.3) is 11.4 Å². The second-order valence-corrected chi connectivity index (χ2v) is 15.1. The van der Waals surface area contributed by atoms with Crippen molar-refractivity contribution >= 4 is 54.6 Å². The van der Waals surface area contributed by atoms with Crippen molar-refractivity contribution in [3.05, 3.63) is 78.1 Å². The molecule has 3 N–H and O–H groups in total. The summed E-state index contributed by atoms with van der Waals surface area (Å²) >= 11 is 0. The van der Waals surface area contributed by atoms with E-state index in [1.807, 2.05) is 49.9 Å². The van der Waals surface area contributed by atoms with Crippen LogP contribution in [0.2, 0.25) is 0 Å². The first-order valence-electron chi connectivity index (χ1n) is 15.2. The molecule has 2 heterocycles. The van der Waals surface area contributed by atoms with E-state index in [2.05, 4.69) is 27.7 Å². The SMILES string of the molecule is CC(C)(C)C1=Nn2nc(-c3ccc(NC(=O)c4cc(S(=O)(=O)O)cc(S(=O)(=O)O)c4)cc3)nc2C1=Nc1ccc(N(CCC#N)CCC#N)cc1. The molecule has 18 heteroatoms. The smallest absolute Gasteiger partial charge is 0.294 e. The van der Waals surface area contributed by atoms with Crippen LogP contribution >= 0.6 is 0 Å². The number of hydrogen-bond donors (Lipinski definition) is 3. The zero-order chi connectivity index (χ0) is 37.1. The van der Waals surface area contributed by atoms with E-state index in [1.54, 1.807) is 12.1 Å². The summed E-state index contributed by atoms with van der Waals surface area (Å²) in [6.45, 7) is 6.98. The molecule has 1 amide bonds. The van der Waals surface area contributed by atoms with Gasteiger partial charge in [0.05, 0.1) is 46.2 Å². The van der Waals surface area contributed by atoms with Gasteiger partial charge in [-0.3, -0.25) is 13.9 Å². The predicted molar refractivity (Wildman–Crippen MR) is 187 cm³/mol. The minimum absolute atomic E-state index is 0.249. The number of hydrogen-bond acceptors (Lipinski definition) is 12. The van der Waals surface area contributed by atoms with Crippen molar-refractivity contribution in [1.82, 2.24) is 14.9 Å². The Labute approximate surface area is 293 Å². The van der Waals surface area contributed by atoms with Gasteiger partial charge in [-0.05, 0) is 66.7 Å². The summed E-state index contributed by atoms with van der Waals surface area (Å²) in [6.07, 6.45) is 0.648.